The van der Waals surface area contributed by atoms with Crippen molar-refractivity contribution >= 4 is 28.9 Å². The van der Waals surface area contributed by atoms with Gasteiger partial charge in [0.25, 0.3) is 17.5 Å². The zero-order valence-electron chi connectivity index (χ0n) is 15.3. The first-order chi connectivity index (χ1) is 13.9. The lowest BCUT2D eigenvalue weighted by atomic mass is 10.1. The molecule has 3 aromatic rings. The molecule has 0 bridgehead atoms. The predicted octanol–water partition coefficient (Wildman–Crippen LogP) is 4.51. The average molecular weight is 389 g/mol. The minimum absolute atomic E-state index is 0.134. The van der Waals surface area contributed by atoms with Crippen molar-refractivity contribution < 1.29 is 19.2 Å². The Labute approximate surface area is 165 Å². The number of anilines is 2. The van der Waals surface area contributed by atoms with Crippen LogP contribution < -0.4 is 15.4 Å². The molecule has 144 valence electrons. The number of rotatable bonds is 3. The van der Waals surface area contributed by atoms with E-state index in [0.29, 0.717) is 22.9 Å². The van der Waals surface area contributed by atoms with Crippen molar-refractivity contribution in [3.63, 3.8) is 0 Å². The van der Waals surface area contributed by atoms with Crippen LogP contribution in [0.5, 0.6) is 11.5 Å². The maximum Gasteiger partial charge on any atom is 0.273 e. The van der Waals surface area contributed by atoms with Gasteiger partial charge in [0.15, 0.2) is 5.75 Å². The molecule has 0 fully saturated rings. The topological polar surface area (TPSA) is 111 Å². The van der Waals surface area contributed by atoms with Gasteiger partial charge in [0, 0.05) is 22.9 Å². The van der Waals surface area contributed by atoms with Crippen LogP contribution in [0.25, 0.3) is 0 Å². The predicted molar refractivity (Wildman–Crippen MR) is 107 cm³/mol. The van der Waals surface area contributed by atoms with Gasteiger partial charge in [-0.15, -0.1) is 0 Å². The molecule has 0 atom stereocenters. The number of para-hydroxylation sites is 2. The molecule has 2 amide bonds. The molecule has 1 aliphatic heterocycles. The van der Waals surface area contributed by atoms with E-state index in [1.54, 1.807) is 36.4 Å². The average Bonchev–Trinajstić information content (AvgIpc) is 2.83. The highest BCUT2D eigenvalue weighted by Crippen LogP contribution is 2.36. The molecular weight excluding hydrogens is 374 g/mol. The highest BCUT2D eigenvalue weighted by molar-refractivity contribution is 6.10. The fourth-order valence-electron chi connectivity index (χ4n) is 3.11. The van der Waals surface area contributed by atoms with Gasteiger partial charge in [-0.1, -0.05) is 18.2 Å². The zero-order valence-corrected chi connectivity index (χ0v) is 15.3. The number of fused-ring (bicyclic) bond motifs is 2. The second-order valence-electron chi connectivity index (χ2n) is 6.42. The molecule has 8 nitrogen and oxygen atoms in total. The van der Waals surface area contributed by atoms with Crippen molar-refractivity contribution in [1.82, 2.24) is 0 Å². The van der Waals surface area contributed by atoms with E-state index in [2.05, 4.69) is 10.6 Å². The summed E-state index contributed by atoms with van der Waals surface area (Å²) in [5.74, 6) is -0.00227. The Morgan fingerprint density at radius 1 is 1.07 bits per heavy atom. The Morgan fingerprint density at radius 3 is 2.66 bits per heavy atom. The van der Waals surface area contributed by atoms with E-state index >= 15 is 0 Å². The summed E-state index contributed by atoms with van der Waals surface area (Å²) in [6.07, 6.45) is 0. The van der Waals surface area contributed by atoms with Gasteiger partial charge in [-0.05, 0) is 43.3 Å². The van der Waals surface area contributed by atoms with Crippen LogP contribution in [-0.2, 0) is 0 Å². The summed E-state index contributed by atoms with van der Waals surface area (Å²) in [5.41, 5.74) is 1.49. The molecule has 0 saturated heterocycles. The molecule has 0 radical (unpaired) electrons. The molecule has 0 spiro atoms. The fraction of sp³-hybridized carbons (Fsp3) is 0.0476. The lowest BCUT2D eigenvalue weighted by Crippen LogP contribution is -2.15. The van der Waals surface area contributed by atoms with Gasteiger partial charge < -0.3 is 15.4 Å². The first-order valence-corrected chi connectivity index (χ1v) is 8.71. The van der Waals surface area contributed by atoms with Crippen molar-refractivity contribution in [2.75, 3.05) is 10.6 Å². The monoisotopic (exact) mass is 389 g/mol. The van der Waals surface area contributed by atoms with E-state index in [9.17, 15) is 19.7 Å². The number of hydrogen-bond acceptors (Lipinski definition) is 5. The number of ether oxygens (including phenoxy) is 1. The number of hydrogen-bond donors (Lipinski definition) is 2. The number of nitrogens with zero attached hydrogens (tertiary/aromatic N) is 1. The van der Waals surface area contributed by atoms with Gasteiger partial charge in [-0.3, -0.25) is 19.7 Å². The summed E-state index contributed by atoms with van der Waals surface area (Å²) in [6, 6.07) is 16.0. The van der Waals surface area contributed by atoms with E-state index in [1.165, 1.54) is 31.2 Å². The Bertz CT molecular complexity index is 1170. The van der Waals surface area contributed by atoms with E-state index in [4.69, 9.17) is 4.74 Å². The van der Waals surface area contributed by atoms with Gasteiger partial charge in [0.05, 0.1) is 16.2 Å². The third-order valence-electron chi connectivity index (χ3n) is 4.58. The minimum atomic E-state index is -0.534. The van der Waals surface area contributed by atoms with Gasteiger partial charge >= 0.3 is 0 Å². The molecule has 4 rings (SSSR count). The van der Waals surface area contributed by atoms with Gasteiger partial charge in [-0.2, -0.15) is 0 Å². The van der Waals surface area contributed by atoms with Crippen LogP contribution in [0, 0.1) is 17.0 Å². The van der Waals surface area contributed by atoms with Gasteiger partial charge in [0.1, 0.15) is 5.75 Å². The number of nitro groups is 1. The van der Waals surface area contributed by atoms with Crippen LogP contribution in [-0.4, -0.2) is 16.7 Å². The van der Waals surface area contributed by atoms with E-state index < -0.39 is 10.8 Å². The maximum absolute atomic E-state index is 12.6. The van der Waals surface area contributed by atoms with Crippen LogP contribution in [0.2, 0.25) is 0 Å². The number of amides is 2. The normalized spacial score (nSPS) is 12.0. The van der Waals surface area contributed by atoms with Crippen LogP contribution in [0.1, 0.15) is 26.3 Å². The summed E-state index contributed by atoms with van der Waals surface area (Å²) >= 11 is 0. The lowest BCUT2D eigenvalue weighted by Gasteiger charge is -2.11. The maximum atomic E-state index is 12.6. The van der Waals surface area contributed by atoms with Gasteiger partial charge in [-0.25, -0.2) is 0 Å². The lowest BCUT2D eigenvalue weighted by molar-refractivity contribution is -0.385. The van der Waals surface area contributed by atoms with Crippen molar-refractivity contribution in [2.45, 2.75) is 6.92 Å². The third kappa shape index (κ3) is 3.39. The highest BCUT2D eigenvalue weighted by atomic mass is 16.6. The number of benzene rings is 3. The van der Waals surface area contributed by atoms with Gasteiger partial charge in [0.2, 0.25) is 0 Å². The van der Waals surface area contributed by atoms with E-state index in [0.717, 1.165) is 0 Å². The molecular formula is C21H15N3O5. The van der Waals surface area contributed by atoms with Crippen molar-refractivity contribution in [3.05, 3.63) is 87.5 Å². The molecule has 1 heterocycles. The molecule has 0 aliphatic carbocycles. The summed E-state index contributed by atoms with van der Waals surface area (Å²) in [6.45, 7) is 1.52. The number of carbonyl (C=O) groups excluding carboxylic acids is 2. The van der Waals surface area contributed by atoms with E-state index in [-0.39, 0.29) is 28.3 Å². The van der Waals surface area contributed by atoms with Crippen LogP contribution in [0.3, 0.4) is 0 Å². The van der Waals surface area contributed by atoms with Crippen LogP contribution in [0.4, 0.5) is 17.1 Å². The van der Waals surface area contributed by atoms with Crippen molar-refractivity contribution in [3.8, 4) is 11.5 Å². The molecule has 3 aromatic carbocycles. The Kier molecular flexibility index (Phi) is 4.44. The van der Waals surface area contributed by atoms with Crippen molar-refractivity contribution in [1.29, 1.82) is 0 Å². The zero-order chi connectivity index (χ0) is 20.5. The number of carbonyl (C=O) groups is 2. The second-order valence-corrected chi connectivity index (χ2v) is 6.42. The number of nitro benzene ring substituents is 1. The Hall–Kier alpha value is -4.20. The molecule has 1 aliphatic rings. The molecule has 0 aromatic heterocycles. The molecule has 2 N–H and O–H groups in total. The largest absolute Gasteiger partial charge is 0.454 e. The summed E-state index contributed by atoms with van der Waals surface area (Å²) in [7, 11) is 0. The Morgan fingerprint density at radius 2 is 1.86 bits per heavy atom. The quantitative estimate of drug-likeness (QED) is 0.506. The summed E-state index contributed by atoms with van der Waals surface area (Å²) < 4.78 is 5.81. The molecule has 29 heavy (non-hydrogen) atoms. The minimum Gasteiger partial charge on any atom is -0.454 e. The standard InChI is InChI=1S/C21H15N3O5/c1-12-14(5-4-7-17(12)24(27)28)20(25)22-13-9-10-18-15(11-13)21(26)23-16-6-2-3-8-19(16)29-18/h2-11H,1H3,(H,22,25)(H,23,26). The van der Waals surface area contributed by atoms with E-state index in [1.807, 2.05) is 0 Å². The molecule has 0 saturated carbocycles. The SMILES string of the molecule is Cc1c(C(=O)Nc2ccc3c(c2)C(=O)Nc2ccccc2O3)cccc1[N+](=O)[O-]. The fourth-order valence-corrected chi connectivity index (χ4v) is 3.11. The smallest absolute Gasteiger partial charge is 0.273 e. The third-order valence-corrected chi connectivity index (χ3v) is 4.58. The number of nitrogens with one attached hydrogen (secondary N) is 2. The van der Waals surface area contributed by atoms with Crippen LogP contribution in [0.15, 0.2) is 60.7 Å². The van der Waals surface area contributed by atoms with Crippen molar-refractivity contribution in [2.24, 2.45) is 0 Å². The summed E-state index contributed by atoms with van der Waals surface area (Å²) in [4.78, 5) is 35.8. The molecule has 8 heteroatoms. The second kappa shape index (κ2) is 7.08. The Balaban J connectivity index is 1.63. The summed E-state index contributed by atoms with van der Waals surface area (Å²) in [5, 5.41) is 16.5. The first-order valence-electron chi connectivity index (χ1n) is 8.71. The molecule has 0 unspecified atom stereocenters. The van der Waals surface area contributed by atoms with Crippen LogP contribution >= 0.6 is 0 Å². The first kappa shape index (κ1) is 18.2. The highest BCUT2D eigenvalue weighted by Gasteiger charge is 2.22.